The molecule has 0 aliphatic carbocycles. The molecule has 0 radical (unpaired) electrons. The minimum Gasteiger partial charge on any atom is -0.497 e. The van der Waals surface area contributed by atoms with Crippen LogP contribution >= 0.6 is 0 Å². The zero-order valence-electron chi connectivity index (χ0n) is 18.4. The molecule has 1 N–H and O–H groups in total. The molecule has 3 aromatic rings. The minimum atomic E-state index is -4.40. The predicted molar refractivity (Wildman–Crippen MR) is 123 cm³/mol. The second kappa shape index (κ2) is 9.08. The Bertz CT molecular complexity index is 1420. The van der Waals surface area contributed by atoms with Gasteiger partial charge in [-0.15, -0.1) is 6.42 Å². The highest BCUT2D eigenvalue weighted by atomic mass is 19.4. The van der Waals surface area contributed by atoms with Crippen molar-refractivity contribution in [3.05, 3.63) is 81.2 Å². The fraction of sp³-hybridized carbons (Fsp3) is 0.200. The van der Waals surface area contributed by atoms with Crippen LogP contribution in [0.3, 0.4) is 0 Å². The Morgan fingerprint density at radius 1 is 1.15 bits per heavy atom. The average molecular weight is 466 g/mol. The lowest BCUT2D eigenvalue weighted by Crippen LogP contribution is -2.53. The van der Waals surface area contributed by atoms with Crippen LogP contribution in [0.15, 0.2) is 64.4 Å². The smallest absolute Gasteiger partial charge is 0.401 e. The highest BCUT2D eigenvalue weighted by molar-refractivity contribution is 5.64. The molecule has 0 bridgehead atoms. The topological polar surface area (TPSA) is 58.9 Å². The third-order valence-electron chi connectivity index (χ3n) is 5.35. The van der Waals surface area contributed by atoms with E-state index in [0.717, 1.165) is 0 Å². The summed E-state index contributed by atoms with van der Waals surface area (Å²) in [6, 6.07) is 15.5. The van der Waals surface area contributed by atoms with Crippen LogP contribution in [0.5, 0.6) is 5.75 Å². The monoisotopic (exact) mass is 466 g/mol. The highest BCUT2D eigenvalue weighted by Crippen LogP contribution is 2.19. The van der Waals surface area contributed by atoms with Gasteiger partial charge in [-0.05, 0) is 48.0 Å². The van der Waals surface area contributed by atoms with E-state index in [9.17, 15) is 18.0 Å². The van der Waals surface area contributed by atoms with E-state index >= 15 is 0 Å². The van der Waals surface area contributed by atoms with E-state index < -0.39 is 19.0 Å². The summed E-state index contributed by atoms with van der Waals surface area (Å²) in [6.07, 6.45) is 1.70. The van der Waals surface area contributed by atoms with Gasteiger partial charge >= 0.3 is 6.18 Å². The second-order valence-electron chi connectivity index (χ2n) is 7.69. The van der Waals surface area contributed by atoms with E-state index in [4.69, 9.17) is 11.2 Å². The number of halogens is 3. The molecule has 0 spiro atoms. The van der Waals surface area contributed by atoms with Crippen molar-refractivity contribution in [1.82, 2.24) is 14.8 Å². The summed E-state index contributed by atoms with van der Waals surface area (Å²) in [4.78, 5) is 19.6. The maximum Gasteiger partial charge on any atom is 0.401 e. The average Bonchev–Trinajstić information content (AvgIpc) is 2.82. The summed E-state index contributed by atoms with van der Waals surface area (Å²) in [5.74, 6) is 3.17. The van der Waals surface area contributed by atoms with Crippen LogP contribution in [-0.2, 0) is 0 Å². The van der Waals surface area contributed by atoms with Gasteiger partial charge in [0, 0.05) is 29.6 Å². The highest BCUT2D eigenvalue weighted by Gasteiger charge is 2.29. The van der Waals surface area contributed by atoms with Gasteiger partial charge in [0.15, 0.2) is 6.29 Å². The van der Waals surface area contributed by atoms with Crippen LogP contribution in [0.1, 0.15) is 5.56 Å². The van der Waals surface area contributed by atoms with Crippen molar-refractivity contribution in [1.29, 1.82) is 0 Å². The van der Waals surface area contributed by atoms with E-state index in [1.54, 1.807) is 75.0 Å². The number of fused-ring (bicyclic) bond motifs is 1. The minimum absolute atomic E-state index is 0.244. The number of terminal acetylenes is 1. The number of nitrogens with one attached hydrogen (secondary N) is 1. The number of hydrogen-bond acceptors (Lipinski definition) is 5. The van der Waals surface area contributed by atoms with Crippen molar-refractivity contribution in [2.75, 3.05) is 20.7 Å². The molecule has 4 rings (SSSR count). The second-order valence-corrected chi connectivity index (χ2v) is 7.69. The molecule has 1 aromatic heterocycles. The van der Waals surface area contributed by atoms with Crippen LogP contribution in [0.25, 0.3) is 23.0 Å². The predicted octanol–water partition coefficient (Wildman–Crippen LogP) is 2.23. The van der Waals surface area contributed by atoms with E-state index in [2.05, 4.69) is 16.2 Å². The Kier molecular flexibility index (Phi) is 6.18. The van der Waals surface area contributed by atoms with Crippen LogP contribution < -0.4 is 26.3 Å². The molecule has 1 unspecified atom stereocenters. The quantitative estimate of drug-likeness (QED) is 0.586. The number of nitrogens with zero attached hydrogens (tertiary/aromatic N) is 3. The Labute approximate surface area is 193 Å². The lowest BCUT2D eigenvalue weighted by molar-refractivity contribution is -0.127. The number of hydrogen-bond donors (Lipinski definition) is 1. The molecule has 0 fully saturated rings. The van der Waals surface area contributed by atoms with Crippen LogP contribution in [0.2, 0.25) is 0 Å². The van der Waals surface area contributed by atoms with Crippen molar-refractivity contribution in [2.45, 2.75) is 12.5 Å². The molecule has 34 heavy (non-hydrogen) atoms. The Balaban J connectivity index is 1.95. The molecule has 0 saturated heterocycles. The lowest BCUT2D eigenvalue weighted by atomic mass is 10.1. The van der Waals surface area contributed by atoms with Crippen molar-refractivity contribution in [3.8, 4) is 34.9 Å². The summed E-state index contributed by atoms with van der Waals surface area (Å²) < 4.78 is 45.0. The molecule has 1 aliphatic rings. The van der Waals surface area contributed by atoms with Crippen molar-refractivity contribution < 1.29 is 17.9 Å². The van der Waals surface area contributed by atoms with E-state index in [0.29, 0.717) is 33.3 Å². The molecule has 1 aliphatic heterocycles. The molecule has 2 heterocycles. The van der Waals surface area contributed by atoms with Crippen molar-refractivity contribution in [3.63, 3.8) is 0 Å². The fourth-order valence-electron chi connectivity index (χ4n) is 3.67. The molecule has 174 valence electrons. The first-order valence-electron chi connectivity index (χ1n) is 10.3. The van der Waals surface area contributed by atoms with Gasteiger partial charge in [0.2, 0.25) is 0 Å². The van der Waals surface area contributed by atoms with Crippen molar-refractivity contribution in [2.24, 2.45) is 4.99 Å². The van der Waals surface area contributed by atoms with Gasteiger partial charge in [-0.2, -0.15) is 13.2 Å². The molecular formula is C25H21F3N4O2. The molecule has 0 saturated carbocycles. The van der Waals surface area contributed by atoms with Crippen LogP contribution in [0.4, 0.5) is 13.2 Å². The number of ether oxygens (including phenoxy) is 1. The normalized spacial score (nSPS) is 15.1. The van der Waals surface area contributed by atoms with Gasteiger partial charge in [0.25, 0.3) is 5.56 Å². The Morgan fingerprint density at radius 3 is 2.41 bits per heavy atom. The molecule has 6 nitrogen and oxygen atoms in total. The Morgan fingerprint density at radius 2 is 1.82 bits per heavy atom. The Hall–Kier alpha value is -4.03. The maximum atomic E-state index is 13.7. The van der Waals surface area contributed by atoms with E-state index in [1.807, 2.05) is 0 Å². The first-order chi connectivity index (χ1) is 16.2. The number of rotatable bonds is 5. The van der Waals surface area contributed by atoms with Gasteiger partial charge in [-0.1, -0.05) is 18.1 Å². The van der Waals surface area contributed by atoms with E-state index in [1.165, 1.54) is 9.47 Å². The first kappa shape index (κ1) is 23.1. The number of alkyl halides is 3. The van der Waals surface area contributed by atoms with Gasteiger partial charge in [-0.3, -0.25) is 14.7 Å². The molecule has 1 atom stereocenters. The summed E-state index contributed by atoms with van der Waals surface area (Å²) in [5.41, 5.74) is 2.07. The third kappa shape index (κ3) is 4.67. The van der Waals surface area contributed by atoms with Gasteiger partial charge < -0.3 is 9.64 Å². The van der Waals surface area contributed by atoms with Gasteiger partial charge in [-0.25, -0.2) is 4.99 Å². The molecule has 2 aromatic carbocycles. The molecule has 9 heteroatoms. The lowest BCUT2D eigenvalue weighted by Gasteiger charge is -2.28. The van der Waals surface area contributed by atoms with Crippen LogP contribution in [0, 0.1) is 12.3 Å². The SMILES string of the molecule is C#Cc1ccc(-n2c(=O)c(-c3ccc(OC)cc3)cc3c2=NC(NCC(F)(F)F)N(C)C=3)cc1. The number of pyridine rings is 1. The van der Waals surface area contributed by atoms with E-state index in [-0.39, 0.29) is 11.0 Å². The zero-order chi connectivity index (χ0) is 24.5. The fourth-order valence-corrected chi connectivity index (χ4v) is 3.67. The van der Waals surface area contributed by atoms with Crippen LogP contribution in [-0.4, -0.2) is 42.6 Å². The molecule has 0 amide bonds. The number of aromatic nitrogens is 1. The zero-order valence-corrected chi connectivity index (χ0v) is 18.4. The maximum absolute atomic E-state index is 13.7. The summed E-state index contributed by atoms with van der Waals surface area (Å²) in [7, 11) is 3.17. The summed E-state index contributed by atoms with van der Waals surface area (Å²) in [6.45, 7) is -1.22. The number of methoxy groups -OCH3 is 1. The number of benzene rings is 2. The third-order valence-corrected chi connectivity index (χ3v) is 5.35. The van der Waals surface area contributed by atoms with Gasteiger partial charge in [0.05, 0.1) is 19.3 Å². The summed E-state index contributed by atoms with van der Waals surface area (Å²) >= 11 is 0. The first-order valence-corrected chi connectivity index (χ1v) is 10.3. The molecular weight excluding hydrogens is 445 g/mol. The van der Waals surface area contributed by atoms with Crippen molar-refractivity contribution >= 4 is 6.20 Å². The summed E-state index contributed by atoms with van der Waals surface area (Å²) in [5, 5.41) is 2.96. The largest absolute Gasteiger partial charge is 0.497 e. The van der Waals surface area contributed by atoms with Gasteiger partial charge in [0.1, 0.15) is 11.2 Å². The standard InChI is InChI=1S/C25H21F3N4O2/c1-4-16-5-9-19(10-6-16)32-22-18(14-31(2)24(30-22)29-15-25(26,27)28)13-21(23(32)33)17-7-11-20(34-3)12-8-17/h1,5-14,24,29H,15H2,2-3H3.